The van der Waals surface area contributed by atoms with E-state index >= 15 is 0 Å². The molecule has 0 fully saturated rings. The molecule has 0 spiro atoms. The van der Waals surface area contributed by atoms with E-state index in [0.717, 1.165) is 5.69 Å². The molecule has 1 amide bonds. The van der Waals surface area contributed by atoms with E-state index in [1.165, 1.54) is 0 Å². The van der Waals surface area contributed by atoms with Gasteiger partial charge in [-0.05, 0) is 6.92 Å². The van der Waals surface area contributed by atoms with Gasteiger partial charge in [0.25, 0.3) is 0 Å². The maximum Gasteiger partial charge on any atom is 0.232 e. The van der Waals surface area contributed by atoms with Crippen molar-refractivity contribution in [3.8, 4) is 0 Å². The van der Waals surface area contributed by atoms with Crippen LogP contribution in [0.15, 0.2) is 12.5 Å². The number of thiol groups is 1. The normalized spacial score (nSPS) is 12.5. The van der Waals surface area contributed by atoms with Gasteiger partial charge in [0.1, 0.15) is 0 Å². The molecule has 1 unspecified atom stereocenters. The zero-order valence-corrected chi connectivity index (χ0v) is 8.58. The third kappa shape index (κ3) is 2.77. The molecule has 1 aromatic rings. The first-order valence-electron chi connectivity index (χ1n) is 4.02. The highest BCUT2D eigenvalue weighted by molar-refractivity contribution is 7.81. The van der Waals surface area contributed by atoms with Crippen LogP contribution in [0, 0.1) is 0 Å². The van der Waals surface area contributed by atoms with Gasteiger partial charge in [-0.1, -0.05) is 0 Å². The van der Waals surface area contributed by atoms with Crippen LogP contribution in [-0.4, -0.2) is 20.7 Å². The van der Waals surface area contributed by atoms with E-state index in [1.807, 2.05) is 11.6 Å². The third-order valence-electron chi connectivity index (χ3n) is 1.74. The lowest BCUT2D eigenvalue weighted by molar-refractivity contribution is -0.120. The van der Waals surface area contributed by atoms with E-state index in [2.05, 4.69) is 22.9 Å². The molecule has 0 aliphatic heterocycles. The quantitative estimate of drug-likeness (QED) is 0.690. The average molecular weight is 199 g/mol. The van der Waals surface area contributed by atoms with Gasteiger partial charge in [0.2, 0.25) is 5.91 Å². The monoisotopic (exact) mass is 199 g/mol. The molecule has 0 saturated carbocycles. The number of hydrogen-bond donors (Lipinski definition) is 2. The summed E-state index contributed by atoms with van der Waals surface area (Å²) < 4.78 is 1.86. The smallest absolute Gasteiger partial charge is 0.232 e. The van der Waals surface area contributed by atoms with Crippen LogP contribution in [0.25, 0.3) is 0 Å². The number of carbonyl (C=O) groups is 1. The highest BCUT2D eigenvalue weighted by atomic mass is 32.1. The molecule has 1 rings (SSSR count). The number of aryl methyl sites for hydroxylation is 1. The van der Waals surface area contributed by atoms with E-state index in [0.29, 0.717) is 6.54 Å². The molecule has 0 aliphatic carbocycles. The van der Waals surface area contributed by atoms with Gasteiger partial charge in [-0.2, -0.15) is 12.6 Å². The summed E-state index contributed by atoms with van der Waals surface area (Å²) in [6.45, 7) is 2.24. The van der Waals surface area contributed by atoms with Gasteiger partial charge >= 0.3 is 0 Å². The Bertz CT molecular complexity index is 295. The minimum atomic E-state index is -0.270. The van der Waals surface area contributed by atoms with Crippen molar-refractivity contribution in [1.82, 2.24) is 14.9 Å². The second kappa shape index (κ2) is 4.32. The molecule has 0 bridgehead atoms. The summed E-state index contributed by atoms with van der Waals surface area (Å²) in [4.78, 5) is 15.1. The summed E-state index contributed by atoms with van der Waals surface area (Å²) in [5.41, 5.74) is 0.974. The fourth-order valence-electron chi connectivity index (χ4n) is 0.880. The minimum Gasteiger partial charge on any atom is -0.350 e. The second-order valence-corrected chi connectivity index (χ2v) is 3.66. The summed E-state index contributed by atoms with van der Waals surface area (Å²) >= 11 is 4.02. The molecular formula is C8H13N3OS. The standard InChI is InChI=1S/C8H13N3OS/c1-6(13)8(12)10-4-7-3-9-5-11(7)2/h3,5-6,13H,4H2,1-2H3,(H,10,12). The summed E-state index contributed by atoms with van der Waals surface area (Å²) in [6, 6.07) is 0. The van der Waals surface area contributed by atoms with Crippen LogP contribution in [-0.2, 0) is 18.4 Å². The topological polar surface area (TPSA) is 46.9 Å². The Labute approximate surface area is 82.8 Å². The van der Waals surface area contributed by atoms with Crippen LogP contribution < -0.4 is 5.32 Å². The van der Waals surface area contributed by atoms with Crippen molar-refractivity contribution in [1.29, 1.82) is 0 Å². The Morgan fingerprint density at radius 2 is 2.54 bits per heavy atom. The van der Waals surface area contributed by atoms with Crippen molar-refractivity contribution in [3.63, 3.8) is 0 Å². The summed E-state index contributed by atoms with van der Waals surface area (Å²) in [7, 11) is 1.89. The number of aromatic nitrogens is 2. The maximum absolute atomic E-state index is 11.1. The Morgan fingerprint density at radius 3 is 3.00 bits per heavy atom. The lowest BCUT2D eigenvalue weighted by Gasteiger charge is -2.06. The molecule has 1 heterocycles. The van der Waals surface area contributed by atoms with Crippen LogP contribution in [0.1, 0.15) is 12.6 Å². The molecule has 0 radical (unpaired) electrons. The summed E-state index contributed by atoms with van der Waals surface area (Å²) in [6.07, 6.45) is 3.43. The highest BCUT2D eigenvalue weighted by Crippen LogP contribution is 1.97. The van der Waals surface area contributed by atoms with E-state index in [-0.39, 0.29) is 11.2 Å². The molecule has 0 aromatic carbocycles. The Morgan fingerprint density at radius 1 is 1.85 bits per heavy atom. The molecule has 1 N–H and O–H groups in total. The summed E-state index contributed by atoms with van der Waals surface area (Å²) in [5, 5.41) is 2.48. The largest absolute Gasteiger partial charge is 0.350 e. The van der Waals surface area contributed by atoms with Crippen LogP contribution in [0.5, 0.6) is 0 Å². The minimum absolute atomic E-state index is 0.0652. The van der Waals surface area contributed by atoms with Crippen LogP contribution in [0.2, 0.25) is 0 Å². The molecule has 0 saturated heterocycles. The fraction of sp³-hybridized carbons (Fsp3) is 0.500. The number of hydrogen-bond acceptors (Lipinski definition) is 3. The number of nitrogens with one attached hydrogen (secondary N) is 1. The van der Waals surface area contributed by atoms with E-state index < -0.39 is 0 Å². The Balaban J connectivity index is 2.44. The van der Waals surface area contributed by atoms with Gasteiger partial charge in [-0.3, -0.25) is 4.79 Å². The van der Waals surface area contributed by atoms with Gasteiger partial charge in [-0.15, -0.1) is 0 Å². The van der Waals surface area contributed by atoms with Crippen LogP contribution in [0.4, 0.5) is 0 Å². The number of nitrogens with zero attached hydrogens (tertiary/aromatic N) is 2. The SMILES string of the molecule is CC(S)C(=O)NCc1cncn1C. The van der Waals surface area contributed by atoms with Gasteiger partial charge in [-0.25, -0.2) is 4.98 Å². The molecule has 72 valence electrons. The van der Waals surface area contributed by atoms with E-state index in [1.54, 1.807) is 19.4 Å². The zero-order chi connectivity index (χ0) is 9.84. The molecular weight excluding hydrogens is 186 g/mol. The van der Waals surface area contributed by atoms with Crippen molar-refractivity contribution in [3.05, 3.63) is 18.2 Å². The summed E-state index contributed by atoms with van der Waals surface area (Å²) in [5.74, 6) is -0.0652. The average Bonchev–Trinajstić information content (AvgIpc) is 2.47. The van der Waals surface area contributed by atoms with Crippen molar-refractivity contribution in [2.75, 3.05) is 0 Å². The van der Waals surface area contributed by atoms with Crippen molar-refractivity contribution in [2.45, 2.75) is 18.7 Å². The molecule has 1 aromatic heterocycles. The molecule has 4 nitrogen and oxygen atoms in total. The first-order chi connectivity index (χ1) is 6.11. The molecule has 1 atom stereocenters. The Kier molecular flexibility index (Phi) is 3.36. The predicted octanol–water partition coefficient (Wildman–Crippen LogP) is 0.355. The highest BCUT2D eigenvalue weighted by Gasteiger charge is 2.07. The number of rotatable bonds is 3. The van der Waals surface area contributed by atoms with Gasteiger partial charge in [0, 0.05) is 13.2 Å². The van der Waals surface area contributed by atoms with E-state index in [9.17, 15) is 4.79 Å². The predicted molar refractivity (Wildman–Crippen MR) is 53.5 cm³/mol. The number of imidazole rings is 1. The zero-order valence-electron chi connectivity index (χ0n) is 7.69. The van der Waals surface area contributed by atoms with Gasteiger partial charge in [0.15, 0.2) is 0 Å². The van der Waals surface area contributed by atoms with Gasteiger partial charge < -0.3 is 9.88 Å². The van der Waals surface area contributed by atoms with Crippen molar-refractivity contribution >= 4 is 18.5 Å². The molecule has 5 heteroatoms. The van der Waals surface area contributed by atoms with Crippen molar-refractivity contribution < 1.29 is 4.79 Å². The number of carbonyl (C=O) groups excluding carboxylic acids is 1. The number of amides is 1. The second-order valence-electron chi connectivity index (χ2n) is 2.89. The van der Waals surface area contributed by atoms with Crippen LogP contribution in [0.3, 0.4) is 0 Å². The lowest BCUT2D eigenvalue weighted by atomic mass is 10.4. The van der Waals surface area contributed by atoms with Gasteiger partial charge in [0.05, 0.1) is 23.8 Å². The molecule has 0 aliphatic rings. The Hall–Kier alpha value is -0.970. The third-order valence-corrected chi connectivity index (χ3v) is 1.97. The first kappa shape index (κ1) is 10.1. The first-order valence-corrected chi connectivity index (χ1v) is 4.54. The lowest BCUT2D eigenvalue weighted by Crippen LogP contribution is -2.29. The molecule has 13 heavy (non-hydrogen) atoms. The fourth-order valence-corrected chi connectivity index (χ4v) is 0.972. The van der Waals surface area contributed by atoms with Crippen molar-refractivity contribution in [2.24, 2.45) is 7.05 Å². The van der Waals surface area contributed by atoms with E-state index in [4.69, 9.17) is 0 Å². The van der Waals surface area contributed by atoms with Crippen LogP contribution >= 0.6 is 12.6 Å². The maximum atomic E-state index is 11.1.